The molecule has 2 atom stereocenters. The number of aliphatic hydroxyl groups excluding tert-OH is 1. The summed E-state index contributed by atoms with van der Waals surface area (Å²) in [5.74, 6) is -1.51. The van der Waals surface area contributed by atoms with Gasteiger partial charge in [0.25, 0.3) is 5.91 Å². The number of ether oxygens (including phenoxy) is 1. The van der Waals surface area contributed by atoms with Crippen molar-refractivity contribution >= 4 is 17.4 Å². The Morgan fingerprint density at radius 1 is 1.11 bits per heavy atom. The van der Waals surface area contributed by atoms with Crippen LogP contribution >= 0.6 is 0 Å². The monoisotopic (exact) mass is 535 g/mol. The van der Waals surface area contributed by atoms with Crippen LogP contribution in [0, 0.1) is 0 Å². The second-order valence-corrected chi connectivity index (χ2v) is 7.82. The minimum atomic E-state index is -5.07. The molecule has 0 radical (unpaired) electrons. The fourth-order valence-corrected chi connectivity index (χ4v) is 3.49. The first-order valence-electron chi connectivity index (χ1n) is 10.7. The van der Waals surface area contributed by atoms with Gasteiger partial charge in [-0.1, -0.05) is 12.1 Å². The molecule has 0 bridgehead atoms. The third kappa shape index (κ3) is 7.02. The van der Waals surface area contributed by atoms with E-state index in [2.05, 4.69) is 15.8 Å². The number of carbonyl (C=O) groups is 1. The average molecular weight is 535 g/mol. The Hall–Kier alpha value is -3.56. The van der Waals surface area contributed by atoms with Gasteiger partial charge in [-0.15, -0.1) is 0 Å². The summed E-state index contributed by atoms with van der Waals surface area (Å²) in [7, 11) is 1.33. The lowest BCUT2D eigenvalue weighted by Crippen LogP contribution is -2.49. The van der Waals surface area contributed by atoms with Crippen LogP contribution in [0.5, 0.6) is 5.75 Å². The number of amides is 1. The number of halogens is 6. The van der Waals surface area contributed by atoms with Crippen molar-refractivity contribution in [2.75, 3.05) is 26.0 Å². The third-order valence-electron chi connectivity index (χ3n) is 5.17. The van der Waals surface area contributed by atoms with Crippen molar-refractivity contribution in [3.63, 3.8) is 0 Å². The number of hydrogen-bond donors (Lipinski definition) is 4. The summed E-state index contributed by atoms with van der Waals surface area (Å²) in [5.41, 5.74) is 5.74. The first kappa shape index (κ1) is 28.0. The summed E-state index contributed by atoms with van der Waals surface area (Å²) in [6.45, 7) is -0.678. The molecule has 9 nitrogen and oxygen atoms in total. The van der Waals surface area contributed by atoms with Gasteiger partial charge in [0, 0.05) is 19.3 Å². The van der Waals surface area contributed by atoms with Crippen molar-refractivity contribution < 1.29 is 45.8 Å². The first-order chi connectivity index (χ1) is 17.3. The van der Waals surface area contributed by atoms with E-state index < -0.39 is 54.1 Å². The number of nitrogens with one attached hydrogen (secondary N) is 2. The molecule has 37 heavy (non-hydrogen) atoms. The summed E-state index contributed by atoms with van der Waals surface area (Å²) < 4.78 is 85.4. The van der Waals surface area contributed by atoms with Crippen molar-refractivity contribution in [3.8, 4) is 5.75 Å². The minimum Gasteiger partial charge on any atom is -0.457 e. The second-order valence-electron chi connectivity index (χ2n) is 7.82. The molecular weight excluding hydrogens is 512 g/mol. The lowest BCUT2D eigenvalue weighted by molar-refractivity contribution is -0.143. The van der Waals surface area contributed by atoms with E-state index in [1.807, 2.05) is 0 Å². The van der Waals surface area contributed by atoms with Crippen LogP contribution in [0.2, 0.25) is 0 Å². The zero-order valence-electron chi connectivity index (χ0n) is 19.2. The number of aliphatic hydroxyl groups is 1. The predicted molar refractivity (Wildman–Crippen MR) is 119 cm³/mol. The fraction of sp³-hybridized carbons (Fsp3) is 0.364. The quantitative estimate of drug-likeness (QED) is 0.177. The molecule has 15 heteroatoms. The highest BCUT2D eigenvalue weighted by molar-refractivity contribution is 6.08. The molecular formula is C22H23F6N5O4. The number of alkyl halides is 6. The molecule has 1 heterocycles. The topological polar surface area (TPSA) is 121 Å². The Morgan fingerprint density at radius 2 is 1.70 bits per heavy atom. The van der Waals surface area contributed by atoms with Gasteiger partial charge in [0.2, 0.25) is 6.35 Å². The van der Waals surface area contributed by atoms with Crippen LogP contribution < -0.4 is 21.3 Å². The van der Waals surface area contributed by atoms with E-state index in [1.54, 1.807) is 24.3 Å². The normalized spacial score (nSPS) is 19.6. The molecule has 2 aromatic carbocycles. The van der Waals surface area contributed by atoms with Gasteiger partial charge in [-0.25, -0.2) is 10.4 Å². The lowest BCUT2D eigenvalue weighted by Gasteiger charge is -2.28. The van der Waals surface area contributed by atoms with Gasteiger partial charge in [-0.05, 0) is 35.9 Å². The summed E-state index contributed by atoms with van der Waals surface area (Å²) in [4.78, 5) is 23.0. The number of hydrogen-bond acceptors (Lipinski definition) is 7. The van der Waals surface area contributed by atoms with Crippen LogP contribution in [0.15, 0.2) is 47.5 Å². The van der Waals surface area contributed by atoms with E-state index in [1.165, 1.54) is 11.9 Å². The van der Waals surface area contributed by atoms with Gasteiger partial charge in [-0.3, -0.25) is 14.6 Å². The number of amidine groups is 1. The molecule has 3 rings (SSSR count). The Balaban J connectivity index is 2.00. The molecule has 0 saturated carbocycles. The van der Waals surface area contributed by atoms with E-state index in [0.29, 0.717) is 23.4 Å². The summed E-state index contributed by atoms with van der Waals surface area (Å²) in [5, 5.41) is 11.6. The van der Waals surface area contributed by atoms with E-state index in [0.717, 1.165) is 0 Å². The van der Waals surface area contributed by atoms with Crippen LogP contribution in [0.25, 0.3) is 0 Å². The van der Waals surface area contributed by atoms with Gasteiger partial charge >= 0.3 is 12.4 Å². The number of nitrogens with two attached hydrogens (primary N) is 1. The Kier molecular flexibility index (Phi) is 8.50. The van der Waals surface area contributed by atoms with Crippen molar-refractivity contribution in [1.82, 2.24) is 15.7 Å². The van der Waals surface area contributed by atoms with Crippen LogP contribution in [0.1, 0.15) is 16.7 Å². The minimum absolute atomic E-state index is 0.00793. The van der Waals surface area contributed by atoms with E-state index in [4.69, 9.17) is 20.4 Å². The second kappa shape index (κ2) is 11.2. The maximum absolute atomic E-state index is 13.3. The average Bonchev–Trinajstić information content (AvgIpc) is 3.16. The summed E-state index contributed by atoms with van der Waals surface area (Å²) in [6, 6.07) is 6.00. The van der Waals surface area contributed by atoms with Crippen molar-refractivity contribution in [3.05, 3.63) is 59.2 Å². The molecule has 1 aliphatic heterocycles. The number of hydroxylamine groups is 1. The SMILES string of the molecule is CN=C1NC(Oc2cc(C(F)(F)F)cc(C(F)(F)F)c2)N(Cc2ccc(N)cc2)C1C(=O)NOCCO. The number of anilines is 1. The summed E-state index contributed by atoms with van der Waals surface area (Å²) in [6.07, 6.45) is -11.6. The molecule has 1 aliphatic rings. The molecule has 2 unspecified atom stereocenters. The van der Waals surface area contributed by atoms with Gasteiger partial charge in [0.15, 0.2) is 6.04 Å². The molecule has 2 aromatic rings. The van der Waals surface area contributed by atoms with Gasteiger partial charge in [0.05, 0.1) is 24.3 Å². The van der Waals surface area contributed by atoms with Gasteiger partial charge < -0.3 is 20.9 Å². The number of carbonyl (C=O) groups excluding carboxylic acids is 1. The van der Waals surface area contributed by atoms with Crippen LogP contribution in [0.4, 0.5) is 32.0 Å². The van der Waals surface area contributed by atoms with E-state index >= 15 is 0 Å². The van der Waals surface area contributed by atoms with Gasteiger partial charge in [-0.2, -0.15) is 26.3 Å². The Bertz CT molecular complexity index is 1090. The maximum Gasteiger partial charge on any atom is 0.416 e. The van der Waals surface area contributed by atoms with Gasteiger partial charge in [0.1, 0.15) is 11.6 Å². The molecule has 1 fully saturated rings. The Labute approximate surface area is 206 Å². The van der Waals surface area contributed by atoms with Crippen LogP contribution in [0.3, 0.4) is 0 Å². The van der Waals surface area contributed by atoms with Crippen LogP contribution in [-0.4, -0.2) is 54.4 Å². The highest BCUT2D eigenvalue weighted by atomic mass is 19.4. The summed E-state index contributed by atoms with van der Waals surface area (Å²) >= 11 is 0. The number of benzene rings is 2. The predicted octanol–water partition coefficient (Wildman–Crippen LogP) is 2.51. The number of nitrogen functional groups attached to an aromatic ring is 1. The highest BCUT2D eigenvalue weighted by Crippen LogP contribution is 2.38. The third-order valence-corrected chi connectivity index (χ3v) is 5.17. The molecule has 0 aromatic heterocycles. The first-order valence-corrected chi connectivity index (χ1v) is 10.7. The van der Waals surface area contributed by atoms with E-state index in [-0.39, 0.29) is 25.1 Å². The number of nitrogens with zero attached hydrogens (tertiary/aromatic N) is 2. The molecule has 202 valence electrons. The standard InChI is InChI=1S/C22H23F6N5O4/c1-30-18-17(19(35)32-36-7-6-34)33(11-12-2-4-15(29)5-3-12)20(31-18)37-16-9-13(21(23,24)25)8-14(10-16)22(26,27)28/h2-5,8-10,17,20,34H,6-7,11,29H2,1H3,(H,30,31)(H,32,35). The largest absolute Gasteiger partial charge is 0.457 e. The van der Waals surface area contributed by atoms with Crippen molar-refractivity contribution in [2.24, 2.45) is 4.99 Å². The zero-order chi connectivity index (χ0) is 27.4. The number of rotatable bonds is 8. The van der Waals surface area contributed by atoms with Crippen molar-refractivity contribution in [1.29, 1.82) is 0 Å². The Morgan fingerprint density at radius 3 is 2.22 bits per heavy atom. The fourth-order valence-electron chi connectivity index (χ4n) is 3.49. The molecule has 5 N–H and O–H groups in total. The zero-order valence-corrected chi connectivity index (χ0v) is 19.2. The molecule has 1 amide bonds. The van der Waals surface area contributed by atoms with E-state index in [9.17, 15) is 31.1 Å². The van der Waals surface area contributed by atoms with Crippen LogP contribution in [-0.2, 0) is 28.5 Å². The smallest absolute Gasteiger partial charge is 0.416 e. The lowest BCUT2D eigenvalue weighted by atomic mass is 10.1. The van der Waals surface area contributed by atoms with Crippen molar-refractivity contribution in [2.45, 2.75) is 31.3 Å². The maximum atomic E-state index is 13.3. The molecule has 1 saturated heterocycles. The number of aliphatic imine (C=N–C) groups is 1. The highest BCUT2D eigenvalue weighted by Gasteiger charge is 2.45. The molecule has 0 spiro atoms. The molecule has 0 aliphatic carbocycles.